The first-order chi connectivity index (χ1) is 9.45. The average Bonchev–Trinajstić information content (AvgIpc) is 2.39. The van der Waals surface area contributed by atoms with Crippen LogP contribution in [0.15, 0.2) is 24.3 Å². The summed E-state index contributed by atoms with van der Waals surface area (Å²) in [6.07, 6.45) is 1.25. The predicted octanol–water partition coefficient (Wildman–Crippen LogP) is 3.64. The number of rotatable bonds is 3. The van der Waals surface area contributed by atoms with Gasteiger partial charge in [0, 0.05) is 23.8 Å². The highest BCUT2D eigenvalue weighted by atomic mass is 35.5. The van der Waals surface area contributed by atoms with Gasteiger partial charge in [-0.05, 0) is 49.4 Å². The second-order valence-electron chi connectivity index (χ2n) is 6.07. The van der Waals surface area contributed by atoms with Gasteiger partial charge < -0.3 is 5.32 Å². The minimum atomic E-state index is -0.101. The molecule has 1 amide bonds. The normalized spacial score (nSPS) is 25.2. The minimum Gasteiger partial charge on any atom is -0.325 e. The molecule has 1 N–H and O–H groups in total. The van der Waals surface area contributed by atoms with Crippen molar-refractivity contribution < 1.29 is 4.79 Å². The fourth-order valence-electron chi connectivity index (χ4n) is 2.97. The van der Waals surface area contributed by atoms with Crippen LogP contribution in [0.3, 0.4) is 0 Å². The van der Waals surface area contributed by atoms with Crippen LogP contribution in [0.25, 0.3) is 0 Å². The highest BCUT2D eigenvalue weighted by Gasteiger charge is 2.28. The molecule has 1 aromatic carbocycles. The molecule has 0 aliphatic carbocycles. The largest absolute Gasteiger partial charge is 0.325 e. The topological polar surface area (TPSA) is 32.3 Å². The van der Waals surface area contributed by atoms with Gasteiger partial charge in [0.15, 0.2) is 0 Å². The van der Waals surface area contributed by atoms with E-state index < -0.39 is 0 Å². The number of piperidine rings is 1. The van der Waals surface area contributed by atoms with Crippen molar-refractivity contribution in [2.45, 2.75) is 33.2 Å². The maximum atomic E-state index is 12.3. The fraction of sp³-hybridized carbons (Fsp3) is 0.562. The van der Waals surface area contributed by atoms with E-state index in [-0.39, 0.29) is 11.9 Å². The van der Waals surface area contributed by atoms with Crippen LogP contribution < -0.4 is 5.32 Å². The van der Waals surface area contributed by atoms with Gasteiger partial charge in [0.2, 0.25) is 5.91 Å². The third-order valence-corrected chi connectivity index (χ3v) is 4.19. The Balaban J connectivity index is 1.96. The van der Waals surface area contributed by atoms with Crippen molar-refractivity contribution in [1.29, 1.82) is 0 Å². The van der Waals surface area contributed by atoms with E-state index in [4.69, 9.17) is 11.6 Å². The van der Waals surface area contributed by atoms with E-state index in [1.807, 2.05) is 19.1 Å². The molecule has 3 atom stereocenters. The molecule has 3 nitrogen and oxygen atoms in total. The summed E-state index contributed by atoms with van der Waals surface area (Å²) in [5.74, 6) is 1.36. The number of nitrogens with one attached hydrogen (secondary N) is 1. The molecule has 1 saturated heterocycles. The summed E-state index contributed by atoms with van der Waals surface area (Å²) in [7, 11) is 0. The minimum absolute atomic E-state index is 0.0497. The van der Waals surface area contributed by atoms with Crippen molar-refractivity contribution in [1.82, 2.24) is 4.90 Å². The molecule has 4 heteroatoms. The number of halogens is 1. The SMILES string of the molecule is C[C@H]1C[C@H](C)CN([C@@H](C)C(=O)Nc2ccc(Cl)cc2)C1. The van der Waals surface area contributed by atoms with Gasteiger partial charge in [0.05, 0.1) is 6.04 Å². The first-order valence-corrected chi connectivity index (χ1v) is 7.64. The van der Waals surface area contributed by atoms with Crippen LogP contribution in [0.4, 0.5) is 5.69 Å². The Morgan fingerprint density at radius 1 is 1.25 bits per heavy atom. The summed E-state index contributed by atoms with van der Waals surface area (Å²) in [5, 5.41) is 3.63. The second-order valence-corrected chi connectivity index (χ2v) is 6.51. The average molecular weight is 295 g/mol. The van der Waals surface area contributed by atoms with Crippen molar-refractivity contribution in [3.05, 3.63) is 29.3 Å². The molecule has 1 heterocycles. The van der Waals surface area contributed by atoms with E-state index in [0.29, 0.717) is 16.9 Å². The first-order valence-electron chi connectivity index (χ1n) is 7.26. The number of likely N-dealkylation sites (tertiary alicyclic amines) is 1. The van der Waals surface area contributed by atoms with Crippen LogP contribution in [-0.2, 0) is 4.79 Å². The molecule has 1 aromatic rings. The van der Waals surface area contributed by atoms with Gasteiger partial charge >= 0.3 is 0 Å². The number of nitrogens with zero attached hydrogens (tertiary/aromatic N) is 1. The van der Waals surface area contributed by atoms with E-state index >= 15 is 0 Å². The van der Waals surface area contributed by atoms with Crippen LogP contribution >= 0.6 is 11.6 Å². The molecule has 110 valence electrons. The van der Waals surface area contributed by atoms with Gasteiger partial charge in [0.25, 0.3) is 0 Å². The molecule has 0 bridgehead atoms. The molecule has 1 aliphatic heterocycles. The van der Waals surface area contributed by atoms with Crippen LogP contribution in [0.2, 0.25) is 5.02 Å². The lowest BCUT2D eigenvalue weighted by Gasteiger charge is -2.38. The lowest BCUT2D eigenvalue weighted by Crippen LogP contribution is -2.48. The molecule has 0 radical (unpaired) electrons. The first kappa shape index (κ1) is 15.3. The second kappa shape index (κ2) is 6.59. The van der Waals surface area contributed by atoms with Crippen LogP contribution in [0, 0.1) is 11.8 Å². The molecule has 0 spiro atoms. The van der Waals surface area contributed by atoms with Gasteiger partial charge in [-0.3, -0.25) is 9.69 Å². The van der Waals surface area contributed by atoms with Gasteiger partial charge in [-0.1, -0.05) is 25.4 Å². The van der Waals surface area contributed by atoms with Crippen LogP contribution in [-0.4, -0.2) is 29.9 Å². The summed E-state index contributed by atoms with van der Waals surface area (Å²) in [6, 6.07) is 7.12. The van der Waals surface area contributed by atoms with E-state index in [1.54, 1.807) is 12.1 Å². The monoisotopic (exact) mass is 294 g/mol. The molecule has 2 rings (SSSR count). The van der Waals surface area contributed by atoms with Crippen molar-refractivity contribution in [2.75, 3.05) is 18.4 Å². The smallest absolute Gasteiger partial charge is 0.241 e. The predicted molar refractivity (Wildman–Crippen MR) is 84.1 cm³/mol. The Hall–Kier alpha value is -1.06. The maximum Gasteiger partial charge on any atom is 0.241 e. The van der Waals surface area contributed by atoms with Crippen molar-refractivity contribution in [2.24, 2.45) is 11.8 Å². The number of carbonyl (C=O) groups excluding carboxylic acids is 1. The molecule has 0 unspecified atom stereocenters. The van der Waals surface area contributed by atoms with Crippen molar-refractivity contribution >= 4 is 23.2 Å². The van der Waals surface area contributed by atoms with Crippen LogP contribution in [0.1, 0.15) is 27.2 Å². The Labute approximate surface area is 126 Å². The molecule has 1 aliphatic rings. The summed E-state index contributed by atoms with van der Waals surface area (Å²) < 4.78 is 0. The lowest BCUT2D eigenvalue weighted by atomic mass is 9.91. The molecule has 0 aromatic heterocycles. The number of carbonyl (C=O) groups is 1. The van der Waals surface area contributed by atoms with Crippen molar-refractivity contribution in [3.63, 3.8) is 0 Å². The van der Waals surface area contributed by atoms with Gasteiger partial charge in [0.1, 0.15) is 0 Å². The summed E-state index contributed by atoms with van der Waals surface area (Å²) in [6.45, 7) is 8.49. The number of benzene rings is 1. The zero-order valence-corrected chi connectivity index (χ0v) is 13.2. The quantitative estimate of drug-likeness (QED) is 0.923. The van der Waals surface area contributed by atoms with Gasteiger partial charge in [-0.15, -0.1) is 0 Å². The van der Waals surface area contributed by atoms with E-state index in [0.717, 1.165) is 18.8 Å². The Bertz CT molecular complexity index is 450. The Morgan fingerprint density at radius 3 is 2.35 bits per heavy atom. The third kappa shape index (κ3) is 3.97. The number of amides is 1. The van der Waals surface area contributed by atoms with E-state index in [1.165, 1.54) is 6.42 Å². The lowest BCUT2D eigenvalue weighted by molar-refractivity contribution is -0.121. The van der Waals surface area contributed by atoms with Gasteiger partial charge in [-0.2, -0.15) is 0 Å². The zero-order chi connectivity index (χ0) is 14.7. The Morgan fingerprint density at radius 2 is 1.80 bits per heavy atom. The highest BCUT2D eigenvalue weighted by molar-refractivity contribution is 6.30. The number of hydrogen-bond donors (Lipinski definition) is 1. The molecule has 20 heavy (non-hydrogen) atoms. The third-order valence-electron chi connectivity index (χ3n) is 3.94. The number of anilines is 1. The maximum absolute atomic E-state index is 12.3. The van der Waals surface area contributed by atoms with E-state index in [2.05, 4.69) is 24.1 Å². The standard InChI is InChI=1S/C16H23ClN2O/c1-11-8-12(2)10-19(9-11)13(3)16(20)18-15-6-4-14(17)5-7-15/h4-7,11-13H,8-10H2,1-3H3,(H,18,20)/t11-,12-,13-/m0/s1. The highest BCUT2D eigenvalue weighted by Crippen LogP contribution is 2.23. The summed E-state index contributed by atoms with van der Waals surface area (Å²) in [4.78, 5) is 14.6. The van der Waals surface area contributed by atoms with Crippen molar-refractivity contribution in [3.8, 4) is 0 Å². The zero-order valence-electron chi connectivity index (χ0n) is 12.4. The molecular weight excluding hydrogens is 272 g/mol. The molecule has 0 saturated carbocycles. The molecule has 1 fully saturated rings. The summed E-state index contributed by atoms with van der Waals surface area (Å²) >= 11 is 5.84. The Kier molecular flexibility index (Phi) is 5.06. The number of hydrogen-bond acceptors (Lipinski definition) is 2. The summed E-state index contributed by atoms with van der Waals surface area (Å²) in [5.41, 5.74) is 0.796. The molecular formula is C16H23ClN2O. The van der Waals surface area contributed by atoms with Crippen LogP contribution in [0.5, 0.6) is 0 Å². The fourth-order valence-corrected chi connectivity index (χ4v) is 3.10. The van der Waals surface area contributed by atoms with Gasteiger partial charge in [-0.25, -0.2) is 0 Å². The van der Waals surface area contributed by atoms with E-state index in [9.17, 15) is 4.79 Å².